The summed E-state index contributed by atoms with van der Waals surface area (Å²) in [5, 5.41) is 15.1. The lowest BCUT2D eigenvalue weighted by Crippen LogP contribution is -2.47. The average molecular weight is 318 g/mol. The molecule has 116 valence electrons. The highest BCUT2D eigenvalue weighted by molar-refractivity contribution is 7.17. The summed E-state index contributed by atoms with van der Waals surface area (Å²) >= 11 is 1.58. The predicted molar refractivity (Wildman–Crippen MR) is 87.3 cm³/mol. The third-order valence-corrected chi connectivity index (χ3v) is 4.98. The van der Waals surface area contributed by atoms with Crippen molar-refractivity contribution in [3.05, 3.63) is 29.6 Å². The van der Waals surface area contributed by atoms with E-state index in [0.717, 1.165) is 15.8 Å². The minimum absolute atomic E-state index is 0.194. The average Bonchev–Trinajstić information content (AvgIpc) is 2.90. The molecule has 1 fully saturated rings. The van der Waals surface area contributed by atoms with E-state index in [4.69, 9.17) is 0 Å². The number of anilines is 1. The third kappa shape index (κ3) is 2.92. The van der Waals surface area contributed by atoms with Crippen LogP contribution >= 0.6 is 11.3 Å². The molecule has 1 aromatic carbocycles. The highest BCUT2D eigenvalue weighted by atomic mass is 32.1. The summed E-state index contributed by atoms with van der Waals surface area (Å²) in [6, 6.07) is 7.67. The molecular weight excluding hydrogens is 300 g/mol. The van der Waals surface area contributed by atoms with Gasteiger partial charge in [0.05, 0.1) is 11.6 Å². The van der Waals surface area contributed by atoms with Gasteiger partial charge in [-0.15, -0.1) is 11.3 Å². The van der Waals surface area contributed by atoms with Gasteiger partial charge in [0.2, 0.25) is 0 Å². The zero-order valence-electron chi connectivity index (χ0n) is 12.3. The van der Waals surface area contributed by atoms with Gasteiger partial charge in [-0.25, -0.2) is 4.79 Å². The second kappa shape index (κ2) is 5.96. The minimum atomic E-state index is -0.828. The molecule has 2 amide bonds. The van der Waals surface area contributed by atoms with Gasteiger partial charge in [-0.1, -0.05) is 25.1 Å². The Morgan fingerprint density at radius 2 is 2.09 bits per heavy atom. The zero-order valence-corrected chi connectivity index (χ0v) is 13.1. The van der Waals surface area contributed by atoms with Crippen LogP contribution in [0, 0.1) is 11.8 Å². The van der Waals surface area contributed by atoms with Crippen LogP contribution in [0.5, 0.6) is 0 Å². The van der Waals surface area contributed by atoms with Gasteiger partial charge in [0, 0.05) is 28.6 Å². The molecule has 1 aliphatic heterocycles. The van der Waals surface area contributed by atoms with E-state index in [-0.39, 0.29) is 18.5 Å². The molecule has 2 atom stereocenters. The normalized spacial score (nSPS) is 21.8. The Morgan fingerprint density at radius 1 is 1.32 bits per heavy atom. The maximum Gasteiger partial charge on any atom is 0.321 e. The Balaban J connectivity index is 1.75. The van der Waals surface area contributed by atoms with Crippen LogP contribution in [0.2, 0.25) is 0 Å². The van der Waals surface area contributed by atoms with E-state index in [1.54, 1.807) is 16.2 Å². The molecule has 0 saturated carbocycles. The van der Waals surface area contributed by atoms with Crippen molar-refractivity contribution in [1.82, 2.24) is 4.90 Å². The van der Waals surface area contributed by atoms with E-state index in [1.165, 1.54) is 0 Å². The number of carboxylic acid groups (broad SMARTS) is 1. The van der Waals surface area contributed by atoms with E-state index >= 15 is 0 Å². The number of nitrogens with zero attached hydrogens (tertiary/aromatic N) is 1. The Bertz CT molecular complexity index is 712. The second-order valence-electron chi connectivity index (χ2n) is 5.86. The Morgan fingerprint density at radius 3 is 2.86 bits per heavy atom. The van der Waals surface area contributed by atoms with E-state index in [0.29, 0.717) is 13.0 Å². The van der Waals surface area contributed by atoms with Crippen molar-refractivity contribution in [3.63, 3.8) is 0 Å². The number of aliphatic carboxylic acids is 1. The summed E-state index contributed by atoms with van der Waals surface area (Å²) in [6.45, 7) is 2.85. The summed E-state index contributed by atoms with van der Waals surface area (Å²) < 4.78 is 1.12. The monoisotopic (exact) mass is 318 g/mol. The maximum atomic E-state index is 12.4. The highest BCUT2D eigenvalue weighted by Gasteiger charge is 2.32. The van der Waals surface area contributed by atoms with Crippen molar-refractivity contribution in [1.29, 1.82) is 0 Å². The maximum absolute atomic E-state index is 12.4. The summed E-state index contributed by atoms with van der Waals surface area (Å²) in [5.74, 6) is -1.11. The van der Waals surface area contributed by atoms with Gasteiger partial charge in [-0.05, 0) is 18.4 Å². The largest absolute Gasteiger partial charge is 0.481 e. The number of rotatable bonds is 2. The molecule has 2 heterocycles. The first kappa shape index (κ1) is 14.8. The van der Waals surface area contributed by atoms with Gasteiger partial charge >= 0.3 is 12.0 Å². The van der Waals surface area contributed by atoms with Crippen LogP contribution in [0.15, 0.2) is 29.6 Å². The molecule has 1 saturated heterocycles. The molecule has 2 aromatic rings. The molecule has 5 nitrogen and oxygen atoms in total. The molecular formula is C16H18N2O3S. The van der Waals surface area contributed by atoms with Crippen molar-refractivity contribution in [2.24, 2.45) is 11.8 Å². The molecule has 1 aliphatic rings. The van der Waals surface area contributed by atoms with Crippen molar-refractivity contribution < 1.29 is 14.7 Å². The molecule has 2 unspecified atom stereocenters. The number of hydrogen-bond acceptors (Lipinski definition) is 3. The molecule has 6 heteroatoms. The number of likely N-dealkylation sites (tertiary alicyclic amines) is 1. The van der Waals surface area contributed by atoms with Crippen LogP contribution in [-0.2, 0) is 4.79 Å². The van der Waals surface area contributed by atoms with Gasteiger partial charge in [0.1, 0.15) is 0 Å². The molecule has 0 aliphatic carbocycles. The van der Waals surface area contributed by atoms with Crippen LogP contribution in [-0.4, -0.2) is 35.1 Å². The topological polar surface area (TPSA) is 69.6 Å². The number of amides is 2. The standard InChI is InChI=1S/C16H18N2O3S/c1-10-6-11(15(19)20)8-18(7-10)16(21)17-13-9-22-14-5-3-2-4-12(13)14/h2-5,9-11H,6-8H2,1H3,(H,17,21)(H,19,20). The van der Waals surface area contributed by atoms with Crippen molar-refractivity contribution in [2.75, 3.05) is 18.4 Å². The summed E-state index contributed by atoms with van der Waals surface area (Å²) in [7, 11) is 0. The van der Waals surface area contributed by atoms with Crippen LogP contribution in [0.4, 0.5) is 10.5 Å². The fourth-order valence-corrected chi connectivity index (χ4v) is 3.86. The Kier molecular flexibility index (Phi) is 4.02. The van der Waals surface area contributed by atoms with Gasteiger partial charge < -0.3 is 15.3 Å². The van der Waals surface area contributed by atoms with Gasteiger partial charge in [-0.2, -0.15) is 0 Å². The number of thiophene rings is 1. The zero-order chi connectivity index (χ0) is 15.7. The van der Waals surface area contributed by atoms with E-state index < -0.39 is 11.9 Å². The van der Waals surface area contributed by atoms with Crippen LogP contribution in [0.25, 0.3) is 10.1 Å². The summed E-state index contributed by atoms with van der Waals surface area (Å²) in [4.78, 5) is 25.3. The fraction of sp³-hybridized carbons (Fsp3) is 0.375. The molecule has 22 heavy (non-hydrogen) atoms. The number of hydrogen-bond donors (Lipinski definition) is 2. The molecule has 1 aromatic heterocycles. The third-order valence-electron chi connectivity index (χ3n) is 4.02. The number of piperidine rings is 1. The second-order valence-corrected chi connectivity index (χ2v) is 6.77. The molecule has 0 radical (unpaired) electrons. The number of urea groups is 1. The first-order valence-electron chi connectivity index (χ1n) is 7.29. The molecule has 0 spiro atoms. The fourth-order valence-electron chi connectivity index (χ4n) is 2.97. The lowest BCUT2D eigenvalue weighted by molar-refractivity contribution is -0.143. The van der Waals surface area contributed by atoms with Crippen molar-refractivity contribution in [2.45, 2.75) is 13.3 Å². The number of nitrogens with one attached hydrogen (secondary N) is 1. The van der Waals surface area contributed by atoms with Gasteiger partial charge in [0.15, 0.2) is 0 Å². The molecule has 3 rings (SSSR count). The van der Waals surface area contributed by atoms with E-state index in [2.05, 4.69) is 5.32 Å². The van der Waals surface area contributed by atoms with Crippen LogP contribution < -0.4 is 5.32 Å². The number of fused-ring (bicyclic) bond motifs is 1. The lowest BCUT2D eigenvalue weighted by Gasteiger charge is -2.34. The van der Waals surface area contributed by atoms with E-state index in [9.17, 15) is 14.7 Å². The van der Waals surface area contributed by atoms with Crippen LogP contribution in [0.3, 0.4) is 0 Å². The SMILES string of the molecule is CC1CC(C(=O)O)CN(C(=O)Nc2csc3ccccc23)C1. The van der Waals surface area contributed by atoms with Crippen LogP contribution in [0.1, 0.15) is 13.3 Å². The quantitative estimate of drug-likeness (QED) is 0.890. The minimum Gasteiger partial charge on any atom is -0.481 e. The summed E-state index contributed by atoms with van der Waals surface area (Å²) in [6.07, 6.45) is 0.625. The summed E-state index contributed by atoms with van der Waals surface area (Å²) in [5.41, 5.74) is 0.788. The molecule has 2 N–H and O–H groups in total. The number of benzene rings is 1. The highest BCUT2D eigenvalue weighted by Crippen LogP contribution is 2.30. The smallest absolute Gasteiger partial charge is 0.321 e. The Labute approximate surface area is 132 Å². The van der Waals surface area contributed by atoms with Crippen molar-refractivity contribution in [3.8, 4) is 0 Å². The first-order chi connectivity index (χ1) is 10.5. The number of carbonyl (C=O) groups excluding carboxylic acids is 1. The Hall–Kier alpha value is -2.08. The van der Waals surface area contributed by atoms with Gasteiger partial charge in [-0.3, -0.25) is 4.79 Å². The van der Waals surface area contributed by atoms with E-state index in [1.807, 2.05) is 36.6 Å². The van der Waals surface area contributed by atoms with Gasteiger partial charge in [0.25, 0.3) is 0 Å². The lowest BCUT2D eigenvalue weighted by atomic mass is 9.91. The molecule has 0 bridgehead atoms. The number of carbonyl (C=O) groups is 2. The van der Waals surface area contributed by atoms with Crippen molar-refractivity contribution >= 4 is 39.1 Å². The predicted octanol–water partition coefficient (Wildman–Crippen LogP) is 3.48. The number of carboxylic acids is 1. The first-order valence-corrected chi connectivity index (χ1v) is 8.17.